The van der Waals surface area contributed by atoms with Crippen molar-refractivity contribution in [1.82, 2.24) is 10.3 Å². The highest BCUT2D eigenvalue weighted by Crippen LogP contribution is 2.18. The van der Waals surface area contributed by atoms with Crippen molar-refractivity contribution in [3.8, 4) is 5.75 Å². The number of hydrogen-bond acceptors (Lipinski definition) is 3. The number of hydrogen-bond donors (Lipinski definition) is 1. The number of benzene rings is 1. The normalized spacial score (nSPS) is 10.1. The van der Waals surface area contributed by atoms with Crippen molar-refractivity contribution in [3.63, 3.8) is 0 Å². The van der Waals surface area contributed by atoms with Crippen LogP contribution in [0, 0.1) is 5.82 Å². The Hall–Kier alpha value is -2.43. The molecule has 0 aliphatic carbocycles. The van der Waals surface area contributed by atoms with Crippen LogP contribution in [0.4, 0.5) is 4.39 Å². The second kappa shape index (κ2) is 6.65. The van der Waals surface area contributed by atoms with Gasteiger partial charge in [-0.05, 0) is 37.3 Å². The lowest BCUT2D eigenvalue weighted by Crippen LogP contribution is -2.23. The summed E-state index contributed by atoms with van der Waals surface area (Å²) in [5.74, 6) is -0.747. The van der Waals surface area contributed by atoms with Crippen molar-refractivity contribution in [2.45, 2.75) is 13.5 Å². The van der Waals surface area contributed by atoms with Crippen LogP contribution in [-0.4, -0.2) is 17.5 Å². The average molecular weight is 274 g/mol. The molecule has 104 valence electrons. The number of pyridine rings is 1. The number of halogens is 1. The van der Waals surface area contributed by atoms with E-state index < -0.39 is 5.82 Å². The standard InChI is InChI=1S/C15H15FN2O2/c1-2-20-14-7-6-11(9-13(14)16)15(19)18-10-12-5-3-4-8-17-12/h3-9H,2,10H2,1H3,(H,18,19). The smallest absolute Gasteiger partial charge is 0.251 e. The second-order valence-corrected chi connectivity index (χ2v) is 4.08. The zero-order chi connectivity index (χ0) is 14.4. The van der Waals surface area contributed by atoms with E-state index in [9.17, 15) is 9.18 Å². The van der Waals surface area contributed by atoms with Crippen LogP contribution in [-0.2, 0) is 6.54 Å². The van der Waals surface area contributed by atoms with Crippen molar-refractivity contribution in [3.05, 3.63) is 59.7 Å². The largest absolute Gasteiger partial charge is 0.491 e. The zero-order valence-electron chi connectivity index (χ0n) is 11.1. The quantitative estimate of drug-likeness (QED) is 0.911. The van der Waals surface area contributed by atoms with Gasteiger partial charge < -0.3 is 10.1 Å². The molecule has 0 aliphatic heterocycles. The van der Waals surface area contributed by atoms with Crippen LogP contribution in [0.25, 0.3) is 0 Å². The minimum absolute atomic E-state index is 0.147. The van der Waals surface area contributed by atoms with E-state index in [4.69, 9.17) is 4.74 Å². The summed E-state index contributed by atoms with van der Waals surface area (Å²) < 4.78 is 18.7. The minimum atomic E-state index is -0.544. The number of rotatable bonds is 5. The monoisotopic (exact) mass is 274 g/mol. The molecule has 0 unspecified atom stereocenters. The lowest BCUT2D eigenvalue weighted by molar-refractivity contribution is 0.0950. The Bertz CT molecular complexity index is 588. The number of ether oxygens (including phenoxy) is 1. The fraction of sp³-hybridized carbons (Fsp3) is 0.200. The number of nitrogens with zero attached hydrogens (tertiary/aromatic N) is 1. The molecule has 0 saturated heterocycles. The first kappa shape index (κ1) is 14.0. The number of amides is 1. The van der Waals surface area contributed by atoms with Crippen molar-refractivity contribution in [2.24, 2.45) is 0 Å². The van der Waals surface area contributed by atoms with Gasteiger partial charge in [-0.2, -0.15) is 0 Å². The van der Waals surface area contributed by atoms with Gasteiger partial charge in [0.1, 0.15) is 0 Å². The van der Waals surface area contributed by atoms with Crippen LogP contribution < -0.4 is 10.1 Å². The van der Waals surface area contributed by atoms with Crippen molar-refractivity contribution >= 4 is 5.91 Å². The lowest BCUT2D eigenvalue weighted by Gasteiger charge is -2.07. The van der Waals surface area contributed by atoms with Crippen LogP contribution in [0.15, 0.2) is 42.6 Å². The Morgan fingerprint density at radius 3 is 2.85 bits per heavy atom. The van der Waals surface area contributed by atoms with Gasteiger partial charge in [0.2, 0.25) is 0 Å². The van der Waals surface area contributed by atoms with Crippen LogP contribution in [0.2, 0.25) is 0 Å². The van der Waals surface area contributed by atoms with E-state index in [-0.39, 0.29) is 17.2 Å². The van der Waals surface area contributed by atoms with E-state index in [1.807, 2.05) is 6.07 Å². The van der Waals surface area contributed by atoms with Gasteiger partial charge in [0.15, 0.2) is 11.6 Å². The first-order valence-corrected chi connectivity index (χ1v) is 6.31. The van der Waals surface area contributed by atoms with Crippen LogP contribution in [0.1, 0.15) is 23.0 Å². The van der Waals surface area contributed by atoms with Gasteiger partial charge in [-0.25, -0.2) is 4.39 Å². The molecule has 0 fully saturated rings. The summed E-state index contributed by atoms with van der Waals surface area (Å²) >= 11 is 0. The molecule has 20 heavy (non-hydrogen) atoms. The number of nitrogens with one attached hydrogen (secondary N) is 1. The predicted octanol–water partition coefficient (Wildman–Crippen LogP) is 2.55. The molecule has 0 bridgehead atoms. The molecule has 0 radical (unpaired) electrons. The van der Waals surface area contributed by atoms with Gasteiger partial charge in [0.25, 0.3) is 5.91 Å². The Morgan fingerprint density at radius 2 is 2.20 bits per heavy atom. The average Bonchev–Trinajstić information content (AvgIpc) is 2.48. The van der Waals surface area contributed by atoms with Crippen LogP contribution in [0.5, 0.6) is 5.75 Å². The molecule has 5 heteroatoms. The summed E-state index contributed by atoms with van der Waals surface area (Å²) in [4.78, 5) is 16.0. The minimum Gasteiger partial charge on any atom is -0.491 e. The summed E-state index contributed by atoms with van der Waals surface area (Å²) in [5.41, 5.74) is 0.995. The van der Waals surface area contributed by atoms with Gasteiger partial charge in [0.05, 0.1) is 18.8 Å². The highest BCUT2D eigenvalue weighted by Gasteiger charge is 2.10. The van der Waals surface area contributed by atoms with Crippen LogP contribution in [0.3, 0.4) is 0 Å². The Labute approximate surface area is 116 Å². The molecular formula is C15H15FN2O2. The van der Waals surface area contributed by atoms with E-state index in [1.54, 1.807) is 25.3 Å². The molecule has 0 spiro atoms. The Morgan fingerprint density at radius 1 is 1.35 bits per heavy atom. The van der Waals surface area contributed by atoms with Crippen molar-refractivity contribution in [1.29, 1.82) is 0 Å². The maximum Gasteiger partial charge on any atom is 0.251 e. The van der Waals surface area contributed by atoms with E-state index >= 15 is 0 Å². The van der Waals surface area contributed by atoms with Gasteiger partial charge >= 0.3 is 0 Å². The lowest BCUT2D eigenvalue weighted by atomic mass is 10.2. The van der Waals surface area contributed by atoms with Gasteiger partial charge in [-0.15, -0.1) is 0 Å². The maximum absolute atomic E-state index is 13.6. The fourth-order valence-corrected chi connectivity index (χ4v) is 1.69. The molecule has 0 saturated carbocycles. The molecule has 1 N–H and O–H groups in total. The molecule has 1 aromatic carbocycles. The molecule has 1 aromatic heterocycles. The molecule has 1 heterocycles. The van der Waals surface area contributed by atoms with E-state index in [0.29, 0.717) is 13.2 Å². The topological polar surface area (TPSA) is 51.2 Å². The summed E-state index contributed by atoms with van der Waals surface area (Å²) in [6.07, 6.45) is 1.65. The number of carbonyl (C=O) groups excluding carboxylic acids is 1. The van der Waals surface area contributed by atoms with Gasteiger partial charge in [0, 0.05) is 11.8 Å². The second-order valence-electron chi connectivity index (χ2n) is 4.08. The first-order chi connectivity index (χ1) is 9.70. The van der Waals surface area contributed by atoms with Crippen molar-refractivity contribution < 1.29 is 13.9 Å². The molecule has 2 aromatic rings. The highest BCUT2D eigenvalue weighted by molar-refractivity contribution is 5.94. The van der Waals surface area contributed by atoms with Gasteiger partial charge in [-0.1, -0.05) is 6.07 Å². The Kier molecular flexibility index (Phi) is 4.65. The maximum atomic E-state index is 13.6. The molecule has 1 amide bonds. The number of carbonyl (C=O) groups is 1. The molecule has 0 atom stereocenters. The molecular weight excluding hydrogens is 259 g/mol. The summed E-state index contributed by atoms with van der Waals surface area (Å²) in [5, 5.41) is 2.69. The predicted molar refractivity (Wildman–Crippen MR) is 73.0 cm³/mol. The van der Waals surface area contributed by atoms with Crippen LogP contribution >= 0.6 is 0 Å². The molecule has 4 nitrogen and oxygen atoms in total. The van der Waals surface area contributed by atoms with Crippen molar-refractivity contribution in [2.75, 3.05) is 6.61 Å². The third-order valence-electron chi connectivity index (χ3n) is 2.65. The van der Waals surface area contributed by atoms with E-state index in [2.05, 4.69) is 10.3 Å². The highest BCUT2D eigenvalue weighted by atomic mass is 19.1. The van der Waals surface area contributed by atoms with E-state index in [0.717, 1.165) is 5.69 Å². The summed E-state index contributed by atoms with van der Waals surface area (Å²) in [7, 11) is 0. The Balaban J connectivity index is 2.00. The zero-order valence-corrected chi connectivity index (χ0v) is 11.1. The molecule has 2 rings (SSSR count). The van der Waals surface area contributed by atoms with E-state index in [1.165, 1.54) is 18.2 Å². The third-order valence-corrected chi connectivity index (χ3v) is 2.65. The van der Waals surface area contributed by atoms with Gasteiger partial charge in [-0.3, -0.25) is 9.78 Å². The summed E-state index contributed by atoms with van der Waals surface area (Å²) in [6.45, 7) is 2.45. The first-order valence-electron chi connectivity index (χ1n) is 6.31. The molecule has 0 aliphatic rings. The SMILES string of the molecule is CCOc1ccc(C(=O)NCc2ccccn2)cc1F. The summed E-state index contributed by atoms with van der Waals surface area (Å²) in [6, 6.07) is 9.59. The number of aromatic nitrogens is 1. The fourth-order valence-electron chi connectivity index (χ4n) is 1.69. The third kappa shape index (κ3) is 3.54.